The first-order valence-electron chi connectivity index (χ1n) is 8.97. The number of hydrogen-bond donors (Lipinski definition) is 1. The summed E-state index contributed by atoms with van der Waals surface area (Å²) in [5, 5.41) is 9.31. The van der Waals surface area contributed by atoms with Gasteiger partial charge in [0.15, 0.2) is 0 Å². The van der Waals surface area contributed by atoms with E-state index in [1.54, 1.807) is 18.2 Å². The summed E-state index contributed by atoms with van der Waals surface area (Å²) >= 11 is 0. The fourth-order valence-electron chi connectivity index (χ4n) is 3.13. The number of aliphatic hydroxyl groups is 1. The standard InChI is InChI=1S/C21H22O7/c1-4-5-6-7-8-9-15-11-14-12-16(23)20(3,27-17(24)10-13(2)22)18(25)21(14)19(26-15)28-21/h4-9,11-13,19,22H,10H2,1-3H3/b5-4-,7-6+,9-8+/t13-,19-,20-,21+/m0/s1. The van der Waals surface area contributed by atoms with Crippen molar-refractivity contribution in [3.8, 4) is 0 Å². The largest absolute Gasteiger partial charge is 0.461 e. The van der Waals surface area contributed by atoms with Gasteiger partial charge in [-0.2, -0.15) is 0 Å². The zero-order valence-electron chi connectivity index (χ0n) is 15.9. The molecule has 0 saturated carbocycles. The first-order valence-corrected chi connectivity index (χ1v) is 8.97. The number of epoxide rings is 1. The minimum absolute atomic E-state index is 0.323. The van der Waals surface area contributed by atoms with Crippen LogP contribution in [0.4, 0.5) is 0 Å². The molecular formula is C21H22O7. The van der Waals surface area contributed by atoms with Gasteiger partial charge >= 0.3 is 5.97 Å². The van der Waals surface area contributed by atoms with Crippen LogP contribution in [0.3, 0.4) is 0 Å². The number of ether oxygens (including phenoxy) is 3. The zero-order chi connectivity index (χ0) is 20.5. The molecule has 1 spiro atoms. The zero-order valence-corrected chi connectivity index (χ0v) is 15.9. The van der Waals surface area contributed by atoms with Crippen LogP contribution in [0.15, 0.2) is 59.9 Å². The normalized spacial score (nSPS) is 32.6. The summed E-state index contributed by atoms with van der Waals surface area (Å²) in [7, 11) is 0. The highest BCUT2D eigenvalue weighted by molar-refractivity contribution is 6.23. The molecule has 0 aromatic carbocycles. The summed E-state index contributed by atoms with van der Waals surface area (Å²) in [6.07, 6.45) is 11.5. The number of ketones is 2. The quantitative estimate of drug-likeness (QED) is 0.322. The first kappa shape index (κ1) is 20.0. The van der Waals surface area contributed by atoms with Gasteiger partial charge in [-0.05, 0) is 39.0 Å². The lowest BCUT2D eigenvalue weighted by molar-refractivity contribution is -0.173. The van der Waals surface area contributed by atoms with E-state index in [1.807, 2.05) is 31.2 Å². The molecule has 2 aliphatic heterocycles. The molecular weight excluding hydrogens is 364 g/mol. The number of hydrogen-bond acceptors (Lipinski definition) is 7. The van der Waals surface area contributed by atoms with Crippen molar-refractivity contribution < 1.29 is 33.7 Å². The number of aliphatic hydroxyl groups excluding tert-OH is 1. The van der Waals surface area contributed by atoms with E-state index < -0.39 is 41.1 Å². The number of carbonyl (C=O) groups is 3. The molecule has 28 heavy (non-hydrogen) atoms. The van der Waals surface area contributed by atoms with Gasteiger partial charge in [-0.15, -0.1) is 0 Å². The second kappa shape index (κ2) is 7.33. The summed E-state index contributed by atoms with van der Waals surface area (Å²) in [4.78, 5) is 37.6. The van der Waals surface area contributed by atoms with Crippen molar-refractivity contribution in [2.45, 2.75) is 50.8 Å². The lowest BCUT2D eigenvalue weighted by Gasteiger charge is -2.33. The molecule has 0 aromatic rings. The van der Waals surface area contributed by atoms with Crippen LogP contribution < -0.4 is 0 Å². The lowest BCUT2D eigenvalue weighted by Crippen LogP contribution is -2.57. The molecule has 2 heterocycles. The molecule has 1 saturated heterocycles. The fraction of sp³-hybridized carbons (Fsp3) is 0.381. The molecule has 7 nitrogen and oxygen atoms in total. The van der Waals surface area contributed by atoms with E-state index in [0.717, 1.165) is 0 Å². The number of rotatable bonds is 6. The Morgan fingerprint density at radius 3 is 2.68 bits per heavy atom. The van der Waals surface area contributed by atoms with Gasteiger partial charge in [0.1, 0.15) is 5.76 Å². The summed E-state index contributed by atoms with van der Waals surface area (Å²) in [6.45, 7) is 4.56. The van der Waals surface area contributed by atoms with Crippen LogP contribution >= 0.6 is 0 Å². The van der Waals surface area contributed by atoms with E-state index >= 15 is 0 Å². The molecule has 0 aromatic heterocycles. The van der Waals surface area contributed by atoms with Crippen LogP contribution in [-0.2, 0) is 28.6 Å². The van der Waals surface area contributed by atoms with Gasteiger partial charge in [0.05, 0.1) is 12.5 Å². The maximum absolute atomic E-state index is 13.0. The van der Waals surface area contributed by atoms with Gasteiger partial charge in [0, 0.05) is 5.57 Å². The SMILES string of the molecule is C\C=C/C=C/C=C/C1=CC2=CC(=O)[C@](C)(OC(=O)C[C@H](C)O)C(=O)[C@]23O[C@@H]3O1. The molecule has 0 bridgehead atoms. The van der Waals surface area contributed by atoms with Crippen molar-refractivity contribution >= 4 is 17.5 Å². The number of Topliss-reactive ketones (excluding diaryl/α,β-unsaturated/α-hetero) is 1. The Labute approximate surface area is 162 Å². The predicted octanol–water partition coefficient (Wildman–Crippen LogP) is 1.84. The monoisotopic (exact) mass is 386 g/mol. The Bertz CT molecular complexity index is 858. The van der Waals surface area contributed by atoms with Gasteiger partial charge in [0.2, 0.25) is 29.1 Å². The van der Waals surface area contributed by atoms with Crippen molar-refractivity contribution in [1.82, 2.24) is 0 Å². The Morgan fingerprint density at radius 1 is 1.29 bits per heavy atom. The second-order valence-electron chi connectivity index (χ2n) is 6.97. The minimum atomic E-state index is -2.01. The molecule has 0 unspecified atom stereocenters. The first-order chi connectivity index (χ1) is 13.2. The van der Waals surface area contributed by atoms with Crippen molar-refractivity contribution in [2.24, 2.45) is 0 Å². The molecule has 0 radical (unpaired) electrons. The Balaban J connectivity index is 1.85. The van der Waals surface area contributed by atoms with Crippen LogP contribution in [0.2, 0.25) is 0 Å². The van der Waals surface area contributed by atoms with Crippen LogP contribution in [0.1, 0.15) is 27.2 Å². The Kier molecular flexibility index (Phi) is 5.23. The minimum Gasteiger partial charge on any atom is -0.461 e. The van der Waals surface area contributed by atoms with E-state index in [1.165, 1.54) is 19.9 Å². The molecule has 7 heteroatoms. The molecule has 1 fully saturated rings. The second-order valence-corrected chi connectivity index (χ2v) is 6.97. The number of esters is 1. The van der Waals surface area contributed by atoms with E-state index in [9.17, 15) is 19.5 Å². The molecule has 0 amide bonds. The van der Waals surface area contributed by atoms with Crippen LogP contribution in [0, 0.1) is 0 Å². The number of carbonyl (C=O) groups excluding carboxylic acids is 3. The predicted molar refractivity (Wildman–Crippen MR) is 98.8 cm³/mol. The Hall–Kier alpha value is -2.77. The van der Waals surface area contributed by atoms with Gasteiger partial charge < -0.3 is 19.3 Å². The van der Waals surface area contributed by atoms with Crippen molar-refractivity contribution in [3.05, 3.63) is 59.9 Å². The third-order valence-corrected chi connectivity index (χ3v) is 4.63. The highest BCUT2D eigenvalue weighted by atomic mass is 16.8. The van der Waals surface area contributed by atoms with E-state index in [4.69, 9.17) is 14.2 Å². The third-order valence-electron chi connectivity index (χ3n) is 4.63. The smallest absolute Gasteiger partial charge is 0.309 e. The maximum Gasteiger partial charge on any atom is 0.309 e. The number of allylic oxidation sites excluding steroid dienone is 6. The molecule has 1 N–H and O–H groups in total. The van der Waals surface area contributed by atoms with Crippen molar-refractivity contribution in [1.29, 1.82) is 0 Å². The van der Waals surface area contributed by atoms with Gasteiger partial charge in [-0.1, -0.05) is 30.4 Å². The fourth-order valence-corrected chi connectivity index (χ4v) is 3.13. The highest BCUT2D eigenvalue weighted by Gasteiger charge is 2.75. The molecule has 3 aliphatic rings. The van der Waals surface area contributed by atoms with Gasteiger partial charge in [-0.3, -0.25) is 14.4 Å². The maximum atomic E-state index is 13.0. The average Bonchev–Trinajstić information content (AvgIpc) is 3.34. The van der Waals surface area contributed by atoms with Crippen LogP contribution in [0.25, 0.3) is 0 Å². The summed E-state index contributed by atoms with van der Waals surface area (Å²) in [5.74, 6) is -1.72. The summed E-state index contributed by atoms with van der Waals surface area (Å²) in [5.41, 5.74) is -3.07. The topological polar surface area (TPSA) is 102 Å². The Morgan fingerprint density at radius 2 is 2.00 bits per heavy atom. The summed E-state index contributed by atoms with van der Waals surface area (Å²) < 4.78 is 16.3. The van der Waals surface area contributed by atoms with E-state index in [2.05, 4.69) is 0 Å². The average molecular weight is 386 g/mol. The molecule has 148 valence electrons. The van der Waals surface area contributed by atoms with E-state index in [-0.39, 0.29) is 6.42 Å². The van der Waals surface area contributed by atoms with Gasteiger partial charge in [-0.25, -0.2) is 0 Å². The summed E-state index contributed by atoms with van der Waals surface area (Å²) in [6, 6.07) is 0. The highest BCUT2D eigenvalue weighted by Crippen LogP contribution is 2.54. The van der Waals surface area contributed by atoms with Gasteiger partial charge in [0.25, 0.3) is 0 Å². The van der Waals surface area contributed by atoms with Crippen molar-refractivity contribution in [2.75, 3.05) is 0 Å². The molecule has 3 rings (SSSR count). The molecule has 1 aliphatic carbocycles. The lowest BCUT2D eigenvalue weighted by atomic mass is 9.75. The van der Waals surface area contributed by atoms with Crippen molar-refractivity contribution in [3.63, 3.8) is 0 Å². The van der Waals surface area contributed by atoms with E-state index in [0.29, 0.717) is 11.3 Å². The van der Waals surface area contributed by atoms with Crippen LogP contribution in [-0.4, -0.2) is 46.2 Å². The third kappa shape index (κ3) is 3.39. The van der Waals surface area contributed by atoms with Crippen LogP contribution in [0.5, 0.6) is 0 Å². The molecule has 4 atom stereocenters.